The molecule has 0 aliphatic carbocycles. The van der Waals surface area contributed by atoms with E-state index >= 15 is 0 Å². The molecule has 3 aromatic rings. The van der Waals surface area contributed by atoms with Crippen molar-refractivity contribution >= 4 is 42.6 Å². The van der Waals surface area contributed by atoms with Gasteiger partial charge in [0.15, 0.2) is 5.13 Å². The van der Waals surface area contributed by atoms with Crippen LogP contribution in [0.25, 0.3) is 10.2 Å². The molecule has 1 amide bonds. The van der Waals surface area contributed by atoms with Gasteiger partial charge < -0.3 is 4.74 Å². The van der Waals surface area contributed by atoms with E-state index in [4.69, 9.17) is 9.72 Å². The molecule has 4 rings (SSSR count). The SMILES string of the molecule is CCCCN(CCCC)S(=O)(=O)c1ccc(C(=O)N(CC2CCCO2)c2nc3cc(C)cc(C)c3s2)cc1. The number of benzene rings is 2. The Labute approximate surface area is 230 Å². The molecule has 1 aliphatic rings. The number of sulfonamides is 1. The smallest absolute Gasteiger partial charge is 0.260 e. The molecule has 1 saturated heterocycles. The molecule has 1 unspecified atom stereocenters. The Morgan fingerprint density at radius 2 is 1.76 bits per heavy atom. The molecule has 0 bridgehead atoms. The van der Waals surface area contributed by atoms with Gasteiger partial charge in [-0.05, 0) is 81.0 Å². The number of aromatic nitrogens is 1. The van der Waals surface area contributed by atoms with Crippen LogP contribution in [0.1, 0.15) is 73.9 Å². The minimum atomic E-state index is -3.63. The number of nitrogens with zero attached hydrogens (tertiary/aromatic N) is 3. The Kier molecular flexibility index (Phi) is 9.57. The van der Waals surface area contributed by atoms with Crippen LogP contribution in [0.4, 0.5) is 5.13 Å². The molecule has 1 aromatic heterocycles. The number of anilines is 1. The van der Waals surface area contributed by atoms with E-state index in [9.17, 15) is 13.2 Å². The summed E-state index contributed by atoms with van der Waals surface area (Å²) in [5.41, 5.74) is 3.59. The van der Waals surface area contributed by atoms with Crippen molar-refractivity contribution in [2.45, 2.75) is 77.2 Å². The maximum atomic E-state index is 13.8. The summed E-state index contributed by atoms with van der Waals surface area (Å²) in [4.78, 5) is 20.6. The van der Waals surface area contributed by atoms with E-state index in [0.717, 1.165) is 59.9 Å². The first-order valence-electron chi connectivity index (χ1n) is 13.7. The van der Waals surface area contributed by atoms with E-state index in [-0.39, 0.29) is 16.9 Å². The quantitative estimate of drug-likeness (QED) is 0.260. The second-order valence-corrected chi connectivity index (χ2v) is 13.0. The van der Waals surface area contributed by atoms with Gasteiger partial charge in [0.25, 0.3) is 5.91 Å². The number of hydrogen-bond donors (Lipinski definition) is 0. The van der Waals surface area contributed by atoms with Gasteiger partial charge in [0, 0.05) is 25.3 Å². The average molecular weight is 558 g/mol. The van der Waals surface area contributed by atoms with Crippen LogP contribution in [0, 0.1) is 13.8 Å². The summed E-state index contributed by atoms with van der Waals surface area (Å²) in [7, 11) is -3.63. The van der Waals surface area contributed by atoms with Crippen LogP contribution in [0.5, 0.6) is 0 Å². The zero-order valence-corrected chi connectivity index (χ0v) is 24.5. The number of ether oxygens (including phenoxy) is 1. The molecule has 206 valence electrons. The Hall–Kier alpha value is -2.33. The van der Waals surface area contributed by atoms with Gasteiger partial charge in [-0.1, -0.05) is 44.1 Å². The van der Waals surface area contributed by atoms with Crippen LogP contribution < -0.4 is 4.90 Å². The van der Waals surface area contributed by atoms with Gasteiger partial charge in [0.2, 0.25) is 10.0 Å². The number of aryl methyl sites for hydroxylation is 2. The summed E-state index contributed by atoms with van der Waals surface area (Å²) in [6.07, 6.45) is 5.32. The first-order valence-corrected chi connectivity index (χ1v) is 15.9. The third kappa shape index (κ3) is 6.45. The number of rotatable bonds is 12. The van der Waals surface area contributed by atoms with Crippen molar-refractivity contribution in [2.24, 2.45) is 0 Å². The van der Waals surface area contributed by atoms with E-state index in [1.165, 1.54) is 11.3 Å². The predicted molar refractivity (Wildman–Crippen MR) is 155 cm³/mol. The minimum Gasteiger partial charge on any atom is -0.376 e. The van der Waals surface area contributed by atoms with E-state index in [1.807, 2.05) is 13.0 Å². The van der Waals surface area contributed by atoms with Crippen molar-refractivity contribution in [3.63, 3.8) is 0 Å². The second-order valence-electron chi connectivity index (χ2n) is 10.1. The summed E-state index contributed by atoms with van der Waals surface area (Å²) in [6.45, 7) is 10.3. The molecule has 1 fully saturated rings. The largest absolute Gasteiger partial charge is 0.376 e. The molecule has 2 heterocycles. The average Bonchev–Trinajstić information content (AvgIpc) is 3.57. The number of hydrogen-bond acceptors (Lipinski definition) is 6. The first-order chi connectivity index (χ1) is 18.2. The van der Waals surface area contributed by atoms with Crippen molar-refractivity contribution in [1.29, 1.82) is 0 Å². The summed E-state index contributed by atoms with van der Waals surface area (Å²) >= 11 is 1.51. The van der Waals surface area contributed by atoms with Gasteiger partial charge in [0.05, 0.1) is 27.8 Å². The van der Waals surface area contributed by atoms with Crippen LogP contribution in [0.2, 0.25) is 0 Å². The highest BCUT2D eigenvalue weighted by Crippen LogP contribution is 2.34. The van der Waals surface area contributed by atoms with Gasteiger partial charge >= 0.3 is 0 Å². The molecule has 0 N–H and O–H groups in total. The number of amides is 1. The van der Waals surface area contributed by atoms with Crippen LogP contribution in [0.3, 0.4) is 0 Å². The predicted octanol–water partition coefficient (Wildman–Crippen LogP) is 6.33. The third-order valence-electron chi connectivity index (χ3n) is 6.96. The molecule has 38 heavy (non-hydrogen) atoms. The summed E-state index contributed by atoms with van der Waals surface area (Å²) in [5, 5.41) is 0.635. The number of carbonyl (C=O) groups is 1. The topological polar surface area (TPSA) is 79.8 Å². The van der Waals surface area contributed by atoms with Crippen LogP contribution >= 0.6 is 11.3 Å². The molecule has 7 nitrogen and oxygen atoms in total. The Balaban J connectivity index is 1.63. The molecule has 2 aromatic carbocycles. The van der Waals surface area contributed by atoms with Gasteiger partial charge in [-0.2, -0.15) is 4.31 Å². The fourth-order valence-corrected chi connectivity index (χ4v) is 7.36. The monoisotopic (exact) mass is 557 g/mol. The van der Waals surface area contributed by atoms with E-state index in [2.05, 4.69) is 26.8 Å². The van der Waals surface area contributed by atoms with Crippen molar-refractivity contribution < 1.29 is 17.9 Å². The highest BCUT2D eigenvalue weighted by atomic mass is 32.2. The molecule has 0 spiro atoms. The Morgan fingerprint density at radius 1 is 1.08 bits per heavy atom. The number of thiazole rings is 1. The zero-order chi connectivity index (χ0) is 27.3. The lowest BCUT2D eigenvalue weighted by molar-refractivity contribution is 0.0917. The minimum absolute atomic E-state index is 0.0425. The third-order valence-corrected chi connectivity index (χ3v) is 10.1. The van der Waals surface area contributed by atoms with Crippen molar-refractivity contribution in [1.82, 2.24) is 9.29 Å². The van der Waals surface area contributed by atoms with E-state index in [0.29, 0.717) is 36.9 Å². The highest BCUT2D eigenvalue weighted by molar-refractivity contribution is 7.89. The first kappa shape index (κ1) is 28.7. The Bertz CT molecular complexity index is 1340. The van der Waals surface area contributed by atoms with Crippen molar-refractivity contribution in [3.8, 4) is 0 Å². The number of carbonyl (C=O) groups excluding carboxylic acids is 1. The van der Waals surface area contributed by atoms with E-state index < -0.39 is 10.0 Å². The highest BCUT2D eigenvalue weighted by Gasteiger charge is 2.28. The molecule has 9 heteroatoms. The summed E-state index contributed by atoms with van der Waals surface area (Å²) in [5.74, 6) is -0.202. The molecule has 1 aliphatic heterocycles. The standard InChI is InChI=1S/C29H39N3O4S2/c1-5-7-15-31(16-8-6-2)38(34,35)25-13-11-23(12-14-25)28(33)32(20-24-10-9-17-36-24)29-30-26-19-21(3)18-22(4)27(26)37-29/h11-14,18-19,24H,5-10,15-17,20H2,1-4H3. The van der Waals surface area contributed by atoms with Crippen molar-refractivity contribution in [3.05, 3.63) is 53.1 Å². The van der Waals surface area contributed by atoms with Gasteiger partial charge in [-0.25, -0.2) is 13.4 Å². The second kappa shape index (κ2) is 12.7. The summed E-state index contributed by atoms with van der Waals surface area (Å²) < 4.78 is 35.3. The maximum absolute atomic E-state index is 13.8. The van der Waals surface area contributed by atoms with E-state index in [1.54, 1.807) is 33.5 Å². The lowest BCUT2D eigenvalue weighted by Crippen LogP contribution is -2.37. The Morgan fingerprint density at radius 3 is 2.37 bits per heavy atom. The van der Waals surface area contributed by atoms with Crippen LogP contribution in [-0.2, 0) is 14.8 Å². The van der Waals surface area contributed by atoms with Gasteiger partial charge in [-0.3, -0.25) is 9.69 Å². The zero-order valence-electron chi connectivity index (χ0n) is 22.9. The number of fused-ring (bicyclic) bond motifs is 1. The molecular weight excluding hydrogens is 518 g/mol. The molecule has 1 atom stereocenters. The van der Waals surface area contributed by atoms with Crippen molar-refractivity contribution in [2.75, 3.05) is 31.1 Å². The lowest BCUT2D eigenvalue weighted by atomic mass is 10.1. The molecule has 0 saturated carbocycles. The van der Waals surface area contributed by atoms with Crippen LogP contribution in [-0.4, -0.2) is 56.0 Å². The normalized spacial score (nSPS) is 16.0. The van der Waals surface area contributed by atoms with Gasteiger partial charge in [-0.15, -0.1) is 0 Å². The fourth-order valence-electron chi connectivity index (χ4n) is 4.82. The fraction of sp³-hybridized carbons (Fsp3) is 0.517. The summed E-state index contributed by atoms with van der Waals surface area (Å²) in [6, 6.07) is 10.5. The van der Waals surface area contributed by atoms with Crippen LogP contribution in [0.15, 0.2) is 41.3 Å². The lowest BCUT2D eigenvalue weighted by Gasteiger charge is -2.24. The maximum Gasteiger partial charge on any atom is 0.260 e. The molecule has 0 radical (unpaired) electrons. The number of unbranched alkanes of at least 4 members (excludes halogenated alkanes) is 2. The van der Waals surface area contributed by atoms with Gasteiger partial charge in [0.1, 0.15) is 0 Å². The molecular formula is C29H39N3O4S2.